The summed E-state index contributed by atoms with van der Waals surface area (Å²) in [7, 11) is 0. The molecule has 4 nitrogen and oxygen atoms in total. The molecule has 1 atom stereocenters. The van der Waals surface area contributed by atoms with Crippen LogP contribution in [0.15, 0.2) is 30.3 Å². The van der Waals surface area contributed by atoms with Crippen molar-refractivity contribution in [3.8, 4) is 0 Å². The van der Waals surface area contributed by atoms with Crippen LogP contribution in [0.25, 0.3) is 0 Å². The molecule has 0 amide bonds. The Morgan fingerprint density at radius 3 is 2.82 bits per heavy atom. The summed E-state index contributed by atoms with van der Waals surface area (Å²) in [5.41, 5.74) is 0. The van der Waals surface area contributed by atoms with E-state index in [1.807, 2.05) is 30.3 Å². The molecule has 1 fully saturated rings. The van der Waals surface area contributed by atoms with E-state index in [0.29, 0.717) is 13.2 Å². The van der Waals surface area contributed by atoms with Gasteiger partial charge in [0.1, 0.15) is 6.54 Å². The Balaban J connectivity index is 2.31. The van der Waals surface area contributed by atoms with E-state index in [1.54, 1.807) is 4.67 Å². The first-order valence-electron chi connectivity index (χ1n) is 5.40. The number of aliphatic carboxylic acids is 1. The maximum Gasteiger partial charge on any atom is 0.318 e. The summed E-state index contributed by atoms with van der Waals surface area (Å²) in [6.07, 6.45) is -1.51. The number of hydrogen-bond acceptors (Lipinski definition) is 3. The third-order valence-electron chi connectivity index (χ3n) is 2.60. The Hall–Kier alpha value is -0.740. The standard InChI is InChI=1S/C11H14NO3PS/c13-11(14)9-12-7-4-8-15-16(12,17)10-5-2-1-3-6-10/h1-3,5-6H,4,7-9H2,(H,13,14). The molecule has 0 spiro atoms. The highest BCUT2D eigenvalue weighted by Gasteiger charge is 2.33. The Kier molecular flexibility index (Phi) is 3.94. The van der Waals surface area contributed by atoms with Gasteiger partial charge in [-0.05, 0) is 18.2 Å². The van der Waals surface area contributed by atoms with Crippen LogP contribution in [0.1, 0.15) is 6.42 Å². The van der Waals surface area contributed by atoms with Gasteiger partial charge in [0.2, 0.25) is 0 Å². The van der Waals surface area contributed by atoms with Gasteiger partial charge >= 0.3 is 5.97 Å². The number of rotatable bonds is 3. The zero-order valence-corrected chi connectivity index (χ0v) is 11.0. The second-order valence-electron chi connectivity index (χ2n) is 3.82. The van der Waals surface area contributed by atoms with Gasteiger partial charge < -0.3 is 9.63 Å². The summed E-state index contributed by atoms with van der Waals surface area (Å²) in [4.78, 5) is 10.9. The molecular formula is C11H14NO3PS. The van der Waals surface area contributed by atoms with Crippen molar-refractivity contribution in [3.63, 3.8) is 0 Å². The molecule has 1 aromatic carbocycles. The van der Waals surface area contributed by atoms with E-state index in [1.165, 1.54) is 0 Å². The number of benzene rings is 1. The van der Waals surface area contributed by atoms with E-state index in [2.05, 4.69) is 0 Å². The molecule has 0 radical (unpaired) electrons. The van der Waals surface area contributed by atoms with Crippen LogP contribution in [-0.4, -0.2) is 35.4 Å². The Bertz CT molecular complexity index is 451. The topological polar surface area (TPSA) is 49.8 Å². The molecule has 1 unspecified atom stereocenters. The normalized spacial score (nSPS) is 25.6. The lowest BCUT2D eigenvalue weighted by molar-refractivity contribution is -0.137. The molecule has 1 heterocycles. The lowest BCUT2D eigenvalue weighted by atomic mass is 10.4. The van der Waals surface area contributed by atoms with Crippen molar-refractivity contribution in [2.75, 3.05) is 19.7 Å². The fourth-order valence-electron chi connectivity index (χ4n) is 1.83. The number of carbonyl (C=O) groups is 1. The minimum Gasteiger partial charge on any atom is -0.480 e. The predicted molar refractivity (Wildman–Crippen MR) is 70.1 cm³/mol. The highest BCUT2D eigenvalue weighted by molar-refractivity contribution is 8.14. The SMILES string of the molecule is O=C(O)CN1CCCOP1(=S)c1ccccc1. The van der Waals surface area contributed by atoms with Crippen molar-refractivity contribution in [1.82, 2.24) is 4.67 Å². The fourth-order valence-corrected chi connectivity index (χ4v) is 5.11. The molecule has 1 aliphatic heterocycles. The van der Waals surface area contributed by atoms with Crippen LogP contribution in [-0.2, 0) is 21.1 Å². The van der Waals surface area contributed by atoms with Crippen molar-refractivity contribution in [2.24, 2.45) is 0 Å². The predicted octanol–water partition coefficient (Wildman–Crippen LogP) is 1.43. The quantitative estimate of drug-likeness (QED) is 0.843. The summed E-state index contributed by atoms with van der Waals surface area (Å²) in [6, 6.07) is 9.55. The van der Waals surface area contributed by atoms with Gasteiger partial charge in [0, 0.05) is 11.8 Å². The van der Waals surface area contributed by atoms with Crippen LogP contribution in [0, 0.1) is 0 Å². The van der Waals surface area contributed by atoms with Gasteiger partial charge in [-0.15, -0.1) is 0 Å². The zero-order valence-electron chi connectivity index (χ0n) is 9.28. The van der Waals surface area contributed by atoms with Gasteiger partial charge in [-0.2, -0.15) is 0 Å². The van der Waals surface area contributed by atoms with Gasteiger partial charge in [-0.1, -0.05) is 30.3 Å². The van der Waals surface area contributed by atoms with Gasteiger partial charge in [0.25, 0.3) is 0 Å². The van der Waals surface area contributed by atoms with Crippen LogP contribution >= 0.6 is 6.42 Å². The average Bonchev–Trinajstić information content (AvgIpc) is 2.33. The van der Waals surface area contributed by atoms with Crippen molar-refractivity contribution in [2.45, 2.75) is 6.42 Å². The molecule has 0 saturated carbocycles. The second kappa shape index (κ2) is 5.27. The minimum atomic E-state index is -2.34. The van der Waals surface area contributed by atoms with Crippen molar-refractivity contribution in [1.29, 1.82) is 0 Å². The molecule has 2 rings (SSSR count). The first kappa shape index (κ1) is 12.7. The molecule has 17 heavy (non-hydrogen) atoms. The van der Waals surface area contributed by atoms with E-state index >= 15 is 0 Å². The van der Waals surface area contributed by atoms with E-state index in [4.69, 9.17) is 21.4 Å². The monoisotopic (exact) mass is 271 g/mol. The van der Waals surface area contributed by atoms with Crippen molar-refractivity contribution < 1.29 is 14.4 Å². The molecule has 0 bridgehead atoms. The van der Waals surface area contributed by atoms with Crippen LogP contribution in [0.4, 0.5) is 0 Å². The molecule has 0 aliphatic carbocycles. The molecule has 1 aliphatic rings. The second-order valence-corrected chi connectivity index (χ2v) is 7.69. The van der Waals surface area contributed by atoms with E-state index in [9.17, 15) is 4.79 Å². The van der Waals surface area contributed by atoms with E-state index < -0.39 is 12.4 Å². The molecule has 1 aromatic rings. The summed E-state index contributed by atoms with van der Waals surface area (Å²) < 4.78 is 7.55. The molecular weight excluding hydrogens is 257 g/mol. The first-order valence-corrected chi connectivity index (χ1v) is 8.07. The van der Waals surface area contributed by atoms with Crippen molar-refractivity contribution in [3.05, 3.63) is 30.3 Å². The van der Waals surface area contributed by atoms with Crippen molar-refractivity contribution >= 4 is 29.5 Å². The molecule has 1 saturated heterocycles. The number of carboxylic acid groups (broad SMARTS) is 1. The average molecular weight is 271 g/mol. The van der Waals surface area contributed by atoms with Gasteiger partial charge in [0.05, 0.1) is 6.61 Å². The summed E-state index contributed by atoms with van der Waals surface area (Å²) in [5.74, 6) is -0.861. The smallest absolute Gasteiger partial charge is 0.318 e. The highest BCUT2D eigenvalue weighted by Crippen LogP contribution is 2.52. The van der Waals surface area contributed by atoms with Gasteiger partial charge in [0.15, 0.2) is 6.42 Å². The summed E-state index contributed by atoms with van der Waals surface area (Å²) >= 11 is 5.61. The highest BCUT2D eigenvalue weighted by atomic mass is 32.4. The third kappa shape index (κ3) is 2.75. The lowest BCUT2D eigenvalue weighted by Crippen LogP contribution is -2.36. The molecule has 92 valence electrons. The van der Waals surface area contributed by atoms with Gasteiger partial charge in [-0.25, -0.2) is 4.67 Å². The Labute approximate surface area is 105 Å². The largest absolute Gasteiger partial charge is 0.480 e. The van der Waals surface area contributed by atoms with Crippen LogP contribution in [0.2, 0.25) is 0 Å². The number of hydrogen-bond donors (Lipinski definition) is 1. The summed E-state index contributed by atoms with van der Waals surface area (Å²) in [6.45, 7) is 1.26. The number of carboxylic acids is 1. The number of nitrogens with zero attached hydrogens (tertiary/aromatic N) is 1. The maximum absolute atomic E-state index is 10.9. The van der Waals surface area contributed by atoms with Crippen LogP contribution in [0.3, 0.4) is 0 Å². The van der Waals surface area contributed by atoms with Crippen LogP contribution in [0.5, 0.6) is 0 Å². The van der Waals surface area contributed by atoms with E-state index in [-0.39, 0.29) is 6.54 Å². The maximum atomic E-state index is 10.9. The fraction of sp³-hybridized carbons (Fsp3) is 0.364. The van der Waals surface area contributed by atoms with E-state index in [0.717, 1.165) is 11.7 Å². The zero-order chi connectivity index (χ0) is 12.3. The molecule has 1 N–H and O–H groups in total. The first-order chi connectivity index (χ1) is 8.13. The molecule has 6 heteroatoms. The van der Waals surface area contributed by atoms with Gasteiger partial charge in [-0.3, -0.25) is 4.79 Å². The Morgan fingerprint density at radius 2 is 2.18 bits per heavy atom. The lowest BCUT2D eigenvalue weighted by Gasteiger charge is -2.37. The van der Waals surface area contributed by atoms with Crippen LogP contribution < -0.4 is 5.30 Å². The summed E-state index contributed by atoms with van der Waals surface area (Å²) in [5, 5.41) is 9.85. The minimum absolute atomic E-state index is 0.0494. The molecule has 0 aromatic heterocycles. The Morgan fingerprint density at radius 1 is 1.47 bits per heavy atom. The third-order valence-corrected chi connectivity index (χ3v) is 6.81.